The van der Waals surface area contributed by atoms with Crippen molar-refractivity contribution in [2.75, 3.05) is 17.9 Å². The molecule has 0 fully saturated rings. The molecule has 1 aliphatic rings. The second-order valence-electron chi connectivity index (χ2n) is 5.92. The van der Waals surface area contributed by atoms with E-state index in [1.54, 1.807) is 18.2 Å². The zero-order valence-corrected chi connectivity index (χ0v) is 15.8. The molecule has 0 N–H and O–H groups in total. The lowest BCUT2D eigenvalue weighted by Gasteiger charge is -2.34. The minimum Gasteiger partial charge on any atom is -0.379 e. The summed E-state index contributed by atoms with van der Waals surface area (Å²) in [6, 6.07) is 7.86. The average Bonchev–Trinajstić information content (AvgIpc) is 2.53. The molecule has 3 rings (SSSR count). The lowest BCUT2D eigenvalue weighted by molar-refractivity contribution is -0.109. The van der Waals surface area contributed by atoms with Crippen molar-refractivity contribution in [3.8, 4) is 5.75 Å². The van der Waals surface area contributed by atoms with Gasteiger partial charge in [-0.25, -0.2) is 13.5 Å². The molecule has 0 bridgehead atoms. The Labute approximate surface area is 156 Å². The largest absolute Gasteiger partial charge is 0.379 e. The van der Waals surface area contributed by atoms with E-state index in [9.17, 15) is 13.2 Å². The minimum absolute atomic E-state index is 0.119. The van der Waals surface area contributed by atoms with Crippen LogP contribution in [0.25, 0.3) is 0 Å². The molecular weight excluding hydrogens is 385 g/mol. The highest BCUT2D eigenvalue weighted by atomic mass is 35.5. The normalized spacial score (nSPS) is 17.0. The molecule has 5 nitrogen and oxygen atoms in total. The van der Waals surface area contributed by atoms with Crippen molar-refractivity contribution >= 4 is 45.0 Å². The predicted molar refractivity (Wildman–Crippen MR) is 97.5 cm³/mol. The SMILES string of the molecule is Cc1cc(Cl)cc2c1ON(c1ccc(S(C)(=O)=O)cc1Cl)CC2C=O. The fourth-order valence-electron chi connectivity index (χ4n) is 2.76. The molecule has 1 atom stereocenters. The molecule has 0 saturated heterocycles. The van der Waals surface area contributed by atoms with E-state index in [0.717, 1.165) is 23.7 Å². The van der Waals surface area contributed by atoms with Crippen LogP contribution in [-0.4, -0.2) is 27.5 Å². The number of sulfone groups is 1. The molecule has 132 valence electrons. The van der Waals surface area contributed by atoms with Gasteiger partial charge in [0.2, 0.25) is 0 Å². The number of halogens is 2. The van der Waals surface area contributed by atoms with Crippen LogP contribution >= 0.6 is 23.2 Å². The van der Waals surface area contributed by atoms with Gasteiger partial charge in [0.05, 0.1) is 28.1 Å². The van der Waals surface area contributed by atoms with E-state index in [0.29, 0.717) is 16.5 Å². The molecule has 2 aromatic carbocycles. The summed E-state index contributed by atoms with van der Waals surface area (Å²) in [5, 5.41) is 2.26. The van der Waals surface area contributed by atoms with Gasteiger partial charge >= 0.3 is 0 Å². The molecule has 1 heterocycles. The predicted octanol–water partition coefficient (Wildman–Crippen LogP) is 3.80. The second kappa shape index (κ2) is 6.52. The highest BCUT2D eigenvalue weighted by Gasteiger charge is 2.30. The van der Waals surface area contributed by atoms with Crippen LogP contribution in [-0.2, 0) is 14.6 Å². The Balaban J connectivity index is 2.04. The van der Waals surface area contributed by atoms with Gasteiger partial charge in [-0.2, -0.15) is 0 Å². The fraction of sp³-hybridized carbons (Fsp3) is 0.235. The molecule has 0 aromatic heterocycles. The van der Waals surface area contributed by atoms with E-state index < -0.39 is 15.8 Å². The molecule has 25 heavy (non-hydrogen) atoms. The number of nitrogens with zero attached hydrogens (tertiary/aromatic N) is 1. The van der Waals surface area contributed by atoms with E-state index in [2.05, 4.69) is 0 Å². The number of anilines is 1. The first-order valence-corrected chi connectivity index (χ1v) is 10.1. The minimum atomic E-state index is -3.36. The number of carbonyl (C=O) groups is 1. The van der Waals surface area contributed by atoms with Crippen LogP contribution in [0.15, 0.2) is 35.2 Å². The molecule has 0 amide bonds. The first-order chi connectivity index (χ1) is 11.7. The molecule has 0 aliphatic carbocycles. The van der Waals surface area contributed by atoms with E-state index >= 15 is 0 Å². The van der Waals surface area contributed by atoms with Crippen molar-refractivity contribution < 1.29 is 18.0 Å². The van der Waals surface area contributed by atoms with Crippen LogP contribution < -0.4 is 9.90 Å². The number of hydroxylamine groups is 1. The maximum atomic E-state index is 11.6. The van der Waals surface area contributed by atoms with Gasteiger partial charge in [0.15, 0.2) is 15.6 Å². The maximum Gasteiger partial charge on any atom is 0.175 e. The molecule has 1 unspecified atom stereocenters. The number of aldehydes is 1. The fourth-order valence-corrected chi connectivity index (χ4v) is 4.03. The summed E-state index contributed by atoms with van der Waals surface area (Å²) in [5.41, 5.74) is 2.00. The number of aryl methyl sites for hydroxylation is 1. The number of benzene rings is 2. The quantitative estimate of drug-likeness (QED) is 0.734. The maximum absolute atomic E-state index is 11.6. The Hall–Kier alpha value is -1.76. The number of rotatable bonds is 3. The summed E-state index contributed by atoms with van der Waals surface area (Å²) >= 11 is 12.3. The van der Waals surface area contributed by atoms with Crippen molar-refractivity contribution in [1.29, 1.82) is 0 Å². The summed E-state index contributed by atoms with van der Waals surface area (Å²) < 4.78 is 23.3. The molecule has 0 radical (unpaired) electrons. The third kappa shape index (κ3) is 3.47. The Kier molecular flexibility index (Phi) is 4.70. The van der Waals surface area contributed by atoms with E-state index in [1.807, 2.05) is 6.92 Å². The van der Waals surface area contributed by atoms with Crippen LogP contribution in [0.5, 0.6) is 5.75 Å². The van der Waals surface area contributed by atoms with Crippen LogP contribution in [0.1, 0.15) is 17.0 Å². The smallest absolute Gasteiger partial charge is 0.175 e. The summed E-state index contributed by atoms with van der Waals surface area (Å²) in [7, 11) is -3.36. The van der Waals surface area contributed by atoms with Gasteiger partial charge < -0.3 is 9.63 Å². The average molecular weight is 400 g/mol. The Morgan fingerprint density at radius 3 is 2.56 bits per heavy atom. The summed E-state index contributed by atoms with van der Waals surface area (Å²) in [5.74, 6) is 0.114. The standard InChI is InChI=1S/C17H15Cl2NO4S/c1-10-5-12(18)6-14-11(9-21)8-20(24-17(10)14)16-4-3-13(7-15(16)19)25(2,22)23/h3-7,9,11H,8H2,1-2H3. The van der Waals surface area contributed by atoms with Crippen molar-refractivity contribution in [1.82, 2.24) is 0 Å². The molecule has 0 saturated carbocycles. The topological polar surface area (TPSA) is 63.7 Å². The van der Waals surface area contributed by atoms with Crippen LogP contribution in [0.2, 0.25) is 10.0 Å². The third-order valence-corrected chi connectivity index (χ3v) is 5.64. The number of hydrogen-bond acceptors (Lipinski definition) is 5. The van der Waals surface area contributed by atoms with Gasteiger partial charge in [0, 0.05) is 16.8 Å². The molecule has 1 aliphatic heterocycles. The zero-order chi connectivity index (χ0) is 18.4. The van der Waals surface area contributed by atoms with Crippen LogP contribution in [0, 0.1) is 6.92 Å². The second-order valence-corrected chi connectivity index (χ2v) is 8.78. The molecular formula is C17H15Cl2NO4S. The van der Waals surface area contributed by atoms with Crippen LogP contribution in [0.3, 0.4) is 0 Å². The number of hydrogen-bond donors (Lipinski definition) is 0. The lowest BCUT2D eigenvalue weighted by Crippen LogP contribution is -2.37. The monoisotopic (exact) mass is 399 g/mol. The Bertz CT molecular complexity index is 959. The van der Waals surface area contributed by atoms with Crippen molar-refractivity contribution in [2.24, 2.45) is 0 Å². The summed E-state index contributed by atoms with van der Waals surface area (Å²) in [6.45, 7) is 2.08. The van der Waals surface area contributed by atoms with Gasteiger partial charge in [-0.15, -0.1) is 0 Å². The van der Waals surface area contributed by atoms with Gasteiger partial charge in [-0.05, 0) is 42.8 Å². The summed E-state index contributed by atoms with van der Waals surface area (Å²) in [4.78, 5) is 17.6. The Morgan fingerprint density at radius 1 is 1.24 bits per heavy atom. The van der Waals surface area contributed by atoms with Crippen molar-refractivity contribution in [3.63, 3.8) is 0 Å². The molecule has 2 aromatic rings. The van der Waals surface area contributed by atoms with Gasteiger partial charge in [-0.1, -0.05) is 23.2 Å². The zero-order valence-electron chi connectivity index (χ0n) is 13.5. The molecule has 0 spiro atoms. The van der Waals surface area contributed by atoms with Crippen LogP contribution in [0.4, 0.5) is 5.69 Å². The number of carbonyl (C=O) groups excluding carboxylic acids is 1. The first-order valence-electron chi connectivity index (χ1n) is 7.41. The van der Waals surface area contributed by atoms with Crippen molar-refractivity contribution in [2.45, 2.75) is 17.7 Å². The lowest BCUT2D eigenvalue weighted by atomic mass is 9.96. The van der Waals surface area contributed by atoms with Gasteiger partial charge in [-0.3, -0.25) is 0 Å². The van der Waals surface area contributed by atoms with E-state index in [4.69, 9.17) is 28.0 Å². The third-order valence-electron chi connectivity index (χ3n) is 4.01. The Morgan fingerprint density at radius 2 is 1.96 bits per heavy atom. The first kappa shape index (κ1) is 18.0. The van der Waals surface area contributed by atoms with E-state index in [1.165, 1.54) is 17.2 Å². The highest BCUT2D eigenvalue weighted by molar-refractivity contribution is 7.90. The van der Waals surface area contributed by atoms with Crippen molar-refractivity contribution in [3.05, 3.63) is 51.5 Å². The highest BCUT2D eigenvalue weighted by Crippen LogP contribution is 2.40. The molecule has 8 heteroatoms. The summed E-state index contributed by atoms with van der Waals surface area (Å²) in [6.07, 6.45) is 1.95. The van der Waals surface area contributed by atoms with Gasteiger partial charge in [0.1, 0.15) is 6.29 Å². The number of fused-ring (bicyclic) bond motifs is 1. The van der Waals surface area contributed by atoms with Gasteiger partial charge in [0.25, 0.3) is 0 Å². The van der Waals surface area contributed by atoms with E-state index in [-0.39, 0.29) is 16.5 Å².